The highest BCUT2D eigenvalue weighted by Crippen LogP contribution is 2.25. The molecule has 3 heterocycles. The molecule has 0 unspecified atom stereocenters. The Bertz CT molecular complexity index is 754. The first kappa shape index (κ1) is 18.6. The van der Waals surface area contributed by atoms with Gasteiger partial charge in [0, 0.05) is 57.3 Å². The van der Waals surface area contributed by atoms with Crippen LogP contribution in [0.4, 0.5) is 19.9 Å². The van der Waals surface area contributed by atoms with Gasteiger partial charge < -0.3 is 9.80 Å². The minimum atomic E-state index is -0.784. The quantitative estimate of drug-likeness (QED) is 0.780. The number of aromatic nitrogens is 2. The standard InChI is InChI=1S/C19H25F2N5S/c20-16-5-4-15(14-17(16)21)6-9-24-10-12-26(13-11-24)19-22-18(23-27-19)25-7-2-1-3-8-25/h4-5,14H,1-3,6-13H2. The molecule has 5 nitrogen and oxygen atoms in total. The van der Waals surface area contributed by atoms with Gasteiger partial charge in [-0.05, 0) is 43.4 Å². The summed E-state index contributed by atoms with van der Waals surface area (Å²) in [4.78, 5) is 11.7. The van der Waals surface area contributed by atoms with Crippen LogP contribution in [-0.2, 0) is 6.42 Å². The van der Waals surface area contributed by atoms with Crippen LogP contribution in [0, 0.1) is 11.6 Å². The number of piperidine rings is 1. The summed E-state index contributed by atoms with van der Waals surface area (Å²) >= 11 is 1.49. The number of piperazine rings is 1. The molecular formula is C19H25F2N5S. The van der Waals surface area contributed by atoms with E-state index in [1.165, 1.54) is 42.9 Å². The molecule has 27 heavy (non-hydrogen) atoms. The maximum Gasteiger partial charge on any atom is 0.239 e. The molecule has 0 N–H and O–H groups in total. The molecule has 2 fully saturated rings. The molecule has 0 radical (unpaired) electrons. The van der Waals surface area contributed by atoms with Crippen molar-refractivity contribution in [2.45, 2.75) is 25.7 Å². The largest absolute Gasteiger partial charge is 0.344 e. The van der Waals surface area contributed by atoms with Crippen molar-refractivity contribution < 1.29 is 8.78 Å². The average molecular weight is 394 g/mol. The summed E-state index contributed by atoms with van der Waals surface area (Å²) in [6.45, 7) is 6.72. The number of hydrogen-bond donors (Lipinski definition) is 0. The fourth-order valence-electron chi connectivity index (χ4n) is 3.70. The summed E-state index contributed by atoms with van der Waals surface area (Å²) in [6.07, 6.45) is 4.49. The van der Waals surface area contributed by atoms with E-state index in [4.69, 9.17) is 4.98 Å². The van der Waals surface area contributed by atoms with E-state index in [1.54, 1.807) is 6.07 Å². The Hall–Kier alpha value is -1.80. The SMILES string of the molecule is Fc1ccc(CCN2CCN(c3nc(N4CCCCC4)ns3)CC2)cc1F. The van der Waals surface area contributed by atoms with Gasteiger partial charge in [0.05, 0.1) is 0 Å². The summed E-state index contributed by atoms with van der Waals surface area (Å²) in [5.74, 6) is -0.665. The second-order valence-electron chi connectivity index (χ2n) is 7.25. The van der Waals surface area contributed by atoms with Crippen molar-refractivity contribution in [2.75, 3.05) is 55.6 Å². The molecule has 2 aliphatic rings. The summed E-state index contributed by atoms with van der Waals surface area (Å²) in [5.41, 5.74) is 0.839. The molecule has 0 atom stereocenters. The Labute approximate surface area is 162 Å². The smallest absolute Gasteiger partial charge is 0.239 e. The highest BCUT2D eigenvalue weighted by Gasteiger charge is 2.22. The minimum Gasteiger partial charge on any atom is -0.344 e. The summed E-state index contributed by atoms with van der Waals surface area (Å²) in [6, 6.07) is 4.17. The van der Waals surface area contributed by atoms with Gasteiger partial charge in [0.1, 0.15) is 0 Å². The highest BCUT2D eigenvalue weighted by molar-refractivity contribution is 7.09. The zero-order chi connectivity index (χ0) is 18.6. The number of nitrogens with zero attached hydrogens (tertiary/aromatic N) is 5. The van der Waals surface area contributed by atoms with Crippen molar-refractivity contribution in [1.29, 1.82) is 0 Å². The molecule has 0 spiro atoms. The van der Waals surface area contributed by atoms with Crippen molar-refractivity contribution in [3.63, 3.8) is 0 Å². The maximum absolute atomic E-state index is 13.3. The van der Waals surface area contributed by atoms with E-state index in [0.29, 0.717) is 0 Å². The molecule has 1 aromatic carbocycles. The Kier molecular flexibility index (Phi) is 5.83. The predicted molar refractivity (Wildman–Crippen MR) is 105 cm³/mol. The third kappa shape index (κ3) is 4.55. The van der Waals surface area contributed by atoms with Gasteiger partial charge in [-0.3, -0.25) is 4.90 Å². The Morgan fingerprint density at radius 1 is 0.889 bits per heavy atom. The van der Waals surface area contributed by atoms with E-state index in [2.05, 4.69) is 19.1 Å². The lowest BCUT2D eigenvalue weighted by Crippen LogP contribution is -2.47. The third-order valence-corrected chi connectivity index (χ3v) is 6.15. The van der Waals surface area contributed by atoms with Gasteiger partial charge >= 0.3 is 0 Å². The lowest BCUT2D eigenvalue weighted by Gasteiger charge is -2.34. The average Bonchev–Trinajstić information content (AvgIpc) is 3.20. The van der Waals surface area contributed by atoms with E-state index >= 15 is 0 Å². The first-order valence-electron chi connectivity index (χ1n) is 9.69. The molecule has 2 aliphatic heterocycles. The van der Waals surface area contributed by atoms with Crippen molar-refractivity contribution in [3.05, 3.63) is 35.4 Å². The highest BCUT2D eigenvalue weighted by atomic mass is 32.1. The van der Waals surface area contributed by atoms with Crippen LogP contribution in [0.15, 0.2) is 18.2 Å². The Morgan fingerprint density at radius 2 is 1.67 bits per heavy atom. The first-order chi connectivity index (χ1) is 13.2. The normalized spacial score (nSPS) is 18.9. The van der Waals surface area contributed by atoms with Gasteiger partial charge in [0.25, 0.3) is 0 Å². The second kappa shape index (κ2) is 8.48. The van der Waals surface area contributed by atoms with E-state index in [0.717, 1.165) is 68.9 Å². The van der Waals surface area contributed by atoms with Crippen LogP contribution < -0.4 is 9.80 Å². The fourth-order valence-corrected chi connectivity index (χ4v) is 4.44. The van der Waals surface area contributed by atoms with Gasteiger partial charge in [-0.25, -0.2) is 8.78 Å². The molecule has 2 aromatic rings. The first-order valence-corrected chi connectivity index (χ1v) is 10.5. The molecule has 1 aromatic heterocycles. The summed E-state index contributed by atoms with van der Waals surface area (Å²) < 4.78 is 30.9. The zero-order valence-electron chi connectivity index (χ0n) is 15.4. The lowest BCUT2D eigenvalue weighted by molar-refractivity contribution is 0.261. The molecular weight excluding hydrogens is 368 g/mol. The number of anilines is 2. The molecule has 0 amide bonds. The number of rotatable bonds is 5. The molecule has 0 saturated carbocycles. The maximum atomic E-state index is 13.3. The molecule has 146 valence electrons. The van der Waals surface area contributed by atoms with Crippen LogP contribution in [0.1, 0.15) is 24.8 Å². The van der Waals surface area contributed by atoms with E-state index < -0.39 is 11.6 Å². The van der Waals surface area contributed by atoms with Gasteiger partial charge in [-0.15, -0.1) is 0 Å². The summed E-state index contributed by atoms with van der Waals surface area (Å²) in [7, 11) is 0. The van der Waals surface area contributed by atoms with E-state index in [-0.39, 0.29) is 0 Å². The second-order valence-corrected chi connectivity index (χ2v) is 7.98. The van der Waals surface area contributed by atoms with E-state index in [9.17, 15) is 8.78 Å². The van der Waals surface area contributed by atoms with Crippen molar-refractivity contribution in [1.82, 2.24) is 14.3 Å². The Balaban J connectivity index is 1.26. The van der Waals surface area contributed by atoms with Gasteiger partial charge in [-0.2, -0.15) is 9.36 Å². The topological polar surface area (TPSA) is 35.5 Å². The van der Waals surface area contributed by atoms with Crippen LogP contribution in [0.3, 0.4) is 0 Å². The minimum absolute atomic E-state index is 0.731. The predicted octanol–water partition coefficient (Wildman–Crippen LogP) is 3.17. The van der Waals surface area contributed by atoms with Gasteiger partial charge in [0.2, 0.25) is 11.1 Å². The van der Waals surface area contributed by atoms with Gasteiger partial charge in [-0.1, -0.05) is 6.07 Å². The van der Waals surface area contributed by atoms with Crippen molar-refractivity contribution in [2.24, 2.45) is 0 Å². The third-order valence-electron chi connectivity index (χ3n) is 5.39. The van der Waals surface area contributed by atoms with Crippen LogP contribution in [0.2, 0.25) is 0 Å². The summed E-state index contributed by atoms with van der Waals surface area (Å²) in [5, 5.41) is 1.01. The number of benzene rings is 1. The number of hydrogen-bond acceptors (Lipinski definition) is 6. The number of halogens is 2. The van der Waals surface area contributed by atoms with E-state index in [1.807, 2.05) is 0 Å². The molecule has 0 aliphatic carbocycles. The van der Waals surface area contributed by atoms with Crippen LogP contribution in [0.5, 0.6) is 0 Å². The van der Waals surface area contributed by atoms with Crippen LogP contribution in [-0.4, -0.2) is 60.1 Å². The van der Waals surface area contributed by atoms with Crippen molar-refractivity contribution >= 4 is 22.6 Å². The molecule has 0 bridgehead atoms. The van der Waals surface area contributed by atoms with Crippen LogP contribution >= 0.6 is 11.5 Å². The fraction of sp³-hybridized carbons (Fsp3) is 0.579. The zero-order valence-corrected chi connectivity index (χ0v) is 16.2. The molecule has 2 saturated heterocycles. The van der Waals surface area contributed by atoms with Crippen LogP contribution in [0.25, 0.3) is 0 Å². The molecule has 8 heteroatoms. The van der Waals surface area contributed by atoms with Gasteiger partial charge in [0.15, 0.2) is 11.6 Å². The van der Waals surface area contributed by atoms with Crippen molar-refractivity contribution in [3.8, 4) is 0 Å². The monoisotopic (exact) mass is 393 g/mol. The molecule has 4 rings (SSSR count). The Morgan fingerprint density at radius 3 is 2.41 bits per heavy atom. The lowest BCUT2D eigenvalue weighted by atomic mass is 10.1.